The number of nitrogens with zero attached hydrogens (tertiary/aromatic N) is 2. The number of carbonyl (C=O) groups is 1. The molecule has 34 heavy (non-hydrogen) atoms. The largest absolute Gasteiger partial charge is 0.492 e. The molecule has 2 aromatic rings. The standard InChI is InChI=1S/C29H34N2O3/c1-3-5-7-21-8-10-22(11-9-21)23-12-14-24(15-13-23)29(32)34-28-17-16-27(33-18-6-4-2)25(19-30)26(28)20-31/h12-17,21-22H,3-11,18H2,1-2H3. The molecule has 0 radical (unpaired) electrons. The number of carbonyl (C=O) groups excluding carboxylic acids is 1. The molecular weight excluding hydrogens is 424 g/mol. The molecule has 0 aliphatic heterocycles. The first kappa shape index (κ1) is 25.3. The van der Waals surface area contributed by atoms with Crippen LogP contribution in [-0.2, 0) is 0 Å². The Balaban J connectivity index is 1.66. The van der Waals surface area contributed by atoms with Crippen molar-refractivity contribution >= 4 is 5.97 Å². The van der Waals surface area contributed by atoms with Gasteiger partial charge in [-0.05, 0) is 73.8 Å². The van der Waals surface area contributed by atoms with Crippen molar-refractivity contribution in [2.75, 3.05) is 6.61 Å². The number of hydrogen-bond acceptors (Lipinski definition) is 5. The van der Waals surface area contributed by atoms with E-state index in [1.165, 1.54) is 56.6 Å². The van der Waals surface area contributed by atoms with Gasteiger partial charge in [-0.25, -0.2) is 4.79 Å². The van der Waals surface area contributed by atoms with Gasteiger partial charge in [0.1, 0.15) is 29.0 Å². The van der Waals surface area contributed by atoms with Gasteiger partial charge in [-0.3, -0.25) is 0 Å². The summed E-state index contributed by atoms with van der Waals surface area (Å²) in [6, 6.07) is 14.7. The van der Waals surface area contributed by atoms with Crippen molar-refractivity contribution in [3.63, 3.8) is 0 Å². The van der Waals surface area contributed by atoms with E-state index >= 15 is 0 Å². The maximum Gasteiger partial charge on any atom is 0.343 e. The Morgan fingerprint density at radius 1 is 0.882 bits per heavy atom. The minimum atomic E-state index is -0.546. The Bertz CT molecular complexity index is 1040. The van der Waals surface area contributed by atoms with E-state index in [0.717, 1.165) is 18.8 Å². The van der Waals surface area contributed by atoms with Crippen molar-refractivity contribution in [2.24, 2.45) is 5.92 Å². The summed E-state index contributed by atoms with van der Waals surface area (Å²) in [5.41, 5.74) is 1.80. The highest BCUT2D eigenvalue weighted by Gasteiger charge is 2.23. The van der Waals surface area contributed by atoms with Crippen LogP contribution >= 0.6 is 0 Å². The number of ether oxygens (including phenoxy) is 2. The zero-order valence-electron chi connectivity index (χ0n) is 20.3. The van der Waals surface area contributed by atoms with E-state index in [1.807, 2.05) is 31.2 Å². The van der Waals surface area contributed by atoms with Gasteiger partial charge in [0, 0.05) is 0 Å². The number of nitriles is 2. The maximum atomic E-state index is 12.8. The van der Waals surface area contributed by atoms with Crippen molar-refractivity contribution < 1.29 is 14.3 Å². The summed E-state index contributed by atoms with van der Waals surface area (Å²) >= 11 is 0. The van der Waals surface area contributed by atoms with Gasteiger partial charge >= 0.3 is 5.97 Å². The van der Waals surface area contributed by atoms with Gasteiger partial charge in [-0.15, -0.1) is 0 Å². The van der Waals surface area contributed by atoms with Gasteiger partial charge in [-0.1, -0.05) is 51.7 Å². The minimum absolute atomic E-state index is 0.0151. The minimum Gasteiger partial charge on any atom is -0.492 e. The van der Waals surface area contributed by atoms with Gasteiger partial charge in [0.05, 0.1) is 12.2 Å². The molecule has 1 saturated carbocycles. The molecule has 0 unspecified atom stereocenters. The number of unbranched alkanes of at least 4 members (excludes halogenated alkanes) is 2. The quantitative estimate of drug-likeness (QED) is 0.212. The van der Waals surface area contributed by atoms with Crippen molar-refractivity contribution in [1.82, 2.24) is 0 Å². The predicted molar refractivity (Wildman–Crippen MR) is 132 cm³/mol. The molecule has 0 heterocycles. The summed E-state index contributed by atoms with van der Waals surface area (Å²) < 4.78 is 11.2. The fourth-order valence-electron chi connectivity index (χ4n) is 4.65. The Labute approximate surface area is 203 Å². The van der Waals surface area contributed by atoms with Gasteiger partial charge < -0.3 is 9.47 Å². The zero-order valence-corrected chi connectivity index (χ0v) is 20.3. The second kappa shape index (κ2) is 12.8. The molecule has 5 heteroatoms. The van der Waals surface area contributed by atoms with Crippen LogP contribution in [0.1, 0.15) is 105 Å². The molecule has 0 amide bonds. The highest BCUT2D eigenvalue weighted by atomic mass is 16.5. The van der Waals surface area contributed by atoms with Crippen LogP contribution in [0.3, 0.4) is 0 Å². The lowest BCUT2D eigenvalue weighted by atomic mass is 9.77. The van der Waals surface area contributed by atoms with Gasteiger partial charge in [-0.2, -0.15) is 10.5 Å². The third-order valence-electron chi connectivity index (χ3n) is 6.74. The summed E-state index contributed by atoms with van der Waals surface area (Å²) in [6.45, 7) is 4.76. The van der Waals surface area contributed by atoms with Crippen molar-refractivity contribution in [1.29, 1.82) is 10.5 Å². The van der Waals surface area contributed by atoms with Crippen LogP contribution in [0.4, 0.5) is 0 Å². The molecule has 178 valence electrons. The first-order chi connectivity index (χ1) is 16.6. The average Bonchev–Trinajstić information content (AvgIpc) is 2.88. The third kappa shape index (κ3) is 6.39. The van der Waals surface area contributed by atoms with E-state index in [4.69, 9.17) is 9.47 Å². The van der Waals surface area contributed by atoms with E-state index < -0.39 is 5.97 Å². The molecule has 0 bridgehead atoms. The van der Waals surface area contributed by atoms with Crippen LogP contribution in [0.25, 0.3) is 0 Å². The molecule has 0 aromatic heterocycles. The van der Waals surface area contributed by atoms with E-state index in [9.17, 15) is 15.3 Å². The topological polar surface area (TPSA) is 83.1 Å². The van der Waals surface area contributed by atoms with Gasteiger partial charge in [0.25, 0.3) is 0 Å². The van der Waals surface area contributed by atoms with Crippen molar-refractivity contribution in [3.8, 4) is 23.6 Å². The normalized spacial score (nSPS) is 17.4. The van der Waals surface area contributed by atoms with Crippen molar-refractivity contribution in [3.05, 3.63) is 58.7 Å². The van der Waals surface area contributed by atoms with Crippen LogP contribution in [0.15, 0.2) is 36.4 Å². The molecule has 1 aliphatic carbocycles. The van der Waals surface area contributed by atoms with Gasteiger partial charge in [0.2, 0.25) is 0 Å². The summed E-state index contributed by atoms with van der Waals surface area (Å²) in [5.74, 6) is 1.27. The summed E-state index contributed by atoms with van der Waals surface area (Å²) in [5, 5.41) is 19.2. The highest BCUT2D eigenvalue weighted by Crippen LogP contribution is 2.38. The maximum absolute atomic E-state index is 12.8. The lowest BCUT2D eigenvalue weighted by molar-refractivity contribution is 0.0734. The molecule has 5 nitrogen and oxygen atoms in total. The Hall–Kier alpha value is -3.31. The first-order valence-corrected chi connectivity index (χ1v) is 12.5. The summed E-state index contributed by atoms with van der Waals surface area (Å²) in [4.78, 5) is 12.8. The first-order valence-electron chi connectivity index (χ1n) is 12.5. The Morgan fingerprint density at radius 2 is 1.50 bits per heavy atom. The summed E-state index contributed by atoms with van der Waals surface area (Å²) in [6.07, 6.45) is 10.7. The number of esters is 1. The van der Waals surface area contributed by atoms with E-state index in [0.29, 0.717) is 23.8 Å². The average molecular weight is 459 g/mol. The van der Waals surface area contributed by atoms with E-state index in [2.05, 4.69) is 6.92 Å². The lowest BCUT2D eigenvalue weighted by Gasteiger charge is -2.28. The second-order valence-electron chi connectivity index (χ2n) is 9.11. The van der Waals surface area contributed by atoms with Crippen LogP contribution in [0.2, 0.25) is 0 Å². The second-order valence-corrected chi connectivity index (χ2v) is 9.11. The van der Waals surface area contributed by atoms with Crippen LogP contribution < -0.4 is 9.47 Å². The van der Waals surface area contributed by atoms with Gasteiger partial charge in [0.15, 0.2) is 5.75 Å². The van der Waals surface area contributed by atoms with E-state index in [1.54, 1.807) is 18.2 Å². The monoisotopic (exact) mass is 458 g/mol. The van der Waals surface area contributed by atoms with Crippen LogP contribution in [-0.4, -0.2) is 12.6 Å². The molecule has 0 saturated heterocycles. The lowest BCUT2D eigenvalue weighted by Crippen LogP contribution is -2.14. The van der Waals surface area contributed by atoms with Crippen LogP contribution in [0, 0.1) is 28.6 Å². The summed E-state index contributed by atoms with van der Waals surface area (Å²) in [7, 11) is 0. The smallest absolute Gasteiger partial charge is 0.343 e. The molecule has 3 rings (SSSR count). The van der Waals surface area contributed by atoms with Crippen LogP contribution in [0.5, 0.6) is 11.5 Å². The molecule has 0 spiro atoms. The molecule has 1 aliphatic rings. The highest BCUT2D eigenvalue weighted by molar-refractivity contribution is 5.91. The Morgan fingerprint density at radius 3 is 2.12 bits per heavy atom. The molecule has 2 aromatic carbocycles. The van der Waals surface area contributed by atoms with Crippen molar-refractivity contribution in [2.45, 2.75) is 77.6 Å². The van der Waals surface area contributed by atoms with E-state index in [-0.39, 0.29) is 16.9 Å². The SMILES string of the molecule is CCCCOc1ccc(OC(=O)c2ccc(C3CCC(CCCC)CC3)cc2)c(C#N)c1C#N. The number of benzene rings is 2. The predicted octanol–water partition coefficient (Wildman–Crippen LogP) is 7.29. The number of rotatable bonds is 10. The molecule has 0 atom stereocenters. The third-order valence-corrected chi connectivity index (χ3v) is 6.74. The number of hydrogen-bond donors (Lipinski definition) is 0. The fraction of sp³-hybridized carbons (Fsp3) is 0.483. The molecular formula is C29H34N2O3. The molecule has 1 fully saturated rings. The zero-order chi connectivity index (χ0) is 24.3. The fourth-order valence-corrected chi connectivity index (χ4v) is 4.65. The Kier molecular flexibility index (Phi) is 9.53. The molecule has 0 N–H and O–H groups in total.